The zero-order valence-electron chi connectivity index (χ0n) is 11.1. The third kappa shape index (κ3) is 2.35. The van der Waals surface area contributed by atoms with Crippen molar-refractivity contribution in [3.05, 3.63) is 47.0 Å². The number of nitrogens with one attached hydrogen (secondary N) is 1. The normalized spacial score (nSPS) is 11.2. The number of nitrogens with zero attached hydrogens (tertiary/aromatic N) is 4. The molecule has 0 aliphatic heterocycles. The lowest BCUT2D eigenvalue weighted by atomic mass is 10.3. The van der Waals surface area contributed by atoms with Gasteiger partial charge in [0.05, 0.1) is 18.7 Å². The van der Waals surface area contributed by atoms with Gasteiger partial charge < -0.3 is 9.73 Å². The molecule has 0 fully saturated rings. The second-order valence-corrected chi connectivity index (χ2v) is 4.56. The Morgan fingerprint density at radius 3 is 3.15 bits per heavy atom. The lowest BCUT2D eigenvalue weighted by Crippen LogP contribution is -2.27. The minimum absolute atomic E-state index is 0.0618. The molecule has 3 heterocycles. The Hall–Kier alpha value is -2.41. The van der Waals surface area contributed by atoms with Crippen LogP contribution in [0.15, 0.2) is 40.3 Å². The summed E-state index contributed by atoms with van der Waals surface area (Å²) in [5.74, 6) is 0. The topological polar surface area (TPSA) is 77.9 Å². The summed E-state index contributed by atoms with van der Waals surface area (Å²) in [4.78, 5) is 16.4. The first-order valence-electron chi connectivity index (χ1n) is 6.34. The Morgan fingerprint density at radius 1 is 1.45 bits per heavy atom. The van der Waals surface area contributed by atoms with Gasteiger partial charge >= 0.3 is 0 Å². The summed E-state index contributed by atoms with van der Waals surface area (Å²) in [7, 11) is 1.77. The van der Waals surface area contributed by atoms with E-state index >= 15 is 0 Å². The van der Waals surface area contributed by atoms with Crippen LogP contribution in [0.25, 0.3) is 11.0 Å². The molecule has 7 nitrogen and oxygen atoms in total. The fourth-order valence-electron chi connectivity index (χ4n) is 2.05. The molecule has 20 heavy (non-hydrogen) atoms. The predicted octanol–water partition coefficient (Wildman–Crippen LogP) is 0.513. The van der Waals surface area contributed by atoms with E-state index in [4.69, 9.17) is 4.42 Å². The molecular weight excluding hydrogens is 258 g/mol. The van der Waals surface area contributed by atoms with Crippen LogP contribution in [0, 0.1) is 0 Å². The molecule has 0 spiro atoms. The third-order valence-corrected chi connectivity index (χ3v) is 3.16. The van der Waals surface area contributed by atoms with Gasteiger partial charge in [-0.25, -0.2) is 4.98 Å². The number of rotatable bonds is 5. The van der Waals surface area contributed by atoms with Crippen LogP contribution >= 0.6 is 0 Å². The number of fused-ring (bicyclic) bond motifs is 1. The van der Waals surface area contributed by atoms with Crippen molar-refractivity contribution in [3.63, 3.8) is 0 Å². The number of aryl methyl sites for hydroxylation is 1. The minimum atomic E-state index is -0.0618. The Kier molecular flexibility index (Phi) is 3.34. The molecule has 1 N–H and O–H groups in total. The van der Waals surface area contributed by atoms with Crippen molar-refractivity contribution in [2.45, 2.75) is 13.1 Å². The Morgan fingerprint density at radius 2 is 2.35 bits per heavy atom. The first kappa shape index (κ1) is 12.6. The van der Waals surface area contributed by atoms with Crippen molar-refractivity contribution in [1.82, 2.24) is 24.6 Å². The van der Waals surface area contributed by atoms with Crippen LogP contribution in [0.1, 0.15) is 5.56 Å². The fourth-order valence-corrected chi connectivity index (χ4v) is 2.05. The van der Waals surface area contributed by atoms with E-state index in [-0.39, 0.29) is 5.56 Å². The van der Waals surface area contributed by atoms with Crippen molar-refractivity contribution < 1.29 is 4.42 Å². The SMILES string of the molecule is Cn1ncc2c(=O)n(CCNCc3ccoc3)cnc21. The van der Waals surface area contributed by atoms with E-state index in [1.165, 1.54) is 0 Å². The van der Waals surface area contributed by atoms with Crippen LogP contribution in [-0.2, 0) is 20.1 Å². The highest BCUT2D eigenvalue weighted by atomic mass is 16.3. The third-order valence-electron chi connectivity index (χ3n) is 3.16. The highest BCUT2D eigenvalue weighted by Crippen LogP contribution is 2.03. The van der Waals surface area contributed by atoms with Crippen molar-refractivity contribution in [2.24, 2.45) is 7.05 Å². The van der Waals surface area contributed by atoms with Crippen LogP contribution in [0.4, 0.5) is 0 Å². The summed E-state index contributed by atoms with van der Waals surface area (Å²) in [6, 6.07) is 1.91. The quantitative estimate of drug-likeness (QED) is 0.685. The van der Waals surface area contributed by atoms with E-state index in [0.29, 0.717) is 30.7 Å². The Labute approximate surface area is 114 Å². The molecule has 104 valence electrons. The molecule has 0 saturated carbocycles. The highest BCUT2D eigenvalue weighted by Gasteiger charge is 2.07. The second-order valence-electron chi connectivity index (χ2n) is 4.56. The maximum absolute atomic E-state index is 12.2. The fraction of sp³-hybridized carbons (Fsp3) is 0.308. The lowest BCUT2D eigenvalue weighted by Gasteiger charge is -2.06. The van der Waals surface area contributed by atoms with Gasteiger partial charge in [-0.1, -0.05) is 0 Å². The smallest absolute Gasteiger partial charge is 0.264 e. The maximum atomic E-state index is 12.2. The summed E-state index contributed by atoms with van der Waals surface area (Å²) in [6.07, 6.45) is 6.45. The van der Waals surface area contributed by atoms with Crippen LogP contribution in [0.3, 0.4) is 0 Å². The molecular formula is C13H15N5O2. The molecule has 0 aliphatic rings. The molecule has 7 heteroatoms. The standard InChI is InChI=1S/C13H15N5O2/c1-17-12-11(7-16-17)13(19)18(9-15-12)4-3-14-6-10-2-5-20-8-10/h2,5,7-9,14H,3-4,6H2,1H3. The molecule has 0 atom stereocenters. The number of hydrogen-bond donors (Lipinski definition) is 1. The Bertz CT molecular complexity index is 757. The summed E-state index contributed by atoms with van der Waals surface area (Å²) >= 11 is 0. The van der Waals surface area contributed by atoms with E-state index in [9.17, 15) is 4.79 Å². The molecule has 0 saturated heterocycles. The molecule has 0 aliphatic carbocycles. The van der Waals surface area contributed by atoms with E-state index in [1.807, 2.05) is 6.07 Å². The van der Waals surface area contributed by atoms with Crippen molar-refractivity contribution in [2.75, 3.05) is 6.54 Å². The summed E-state index contributed by atoms with van der Waals surface area (Å²) in [5, 5.41) is 7.84. The monoisotopic (exact) mass is 273 g/mol. The molecule has 3 aromatic rings. The molecule has 0 amide bonds. The van der Waals surface area contributed by atoms with Gasteiger partial charge in [-0.3, -0.25) is 14.0 Å². The molecule has 3 rings (SSSR count). The minimum Gasteiger partial charge on any atom is -0.472 e. The van der Waals surface area contributed by atoms with Gasteiger partial charge in [-0.05, 0) is 6.07 Å². The summed E-state index contributed by atoms with van der Waals surface area (Å²) in [6.45, 7) is 1.96. The largest absolute Gasteiger partial charge is 0.472 e. The Balaban J connectivity index is 1.65. The lowest BCUT2D eigenvalue weighted by molar-refractivity contribution is 0.553. The van der Waals surface area contributed by atoms with Crippen LogP contribution in [0.2, 0.25) is 0 Å². The first-order chi connectivity index (χ1) is 9.75. The van der Waals surface area contributed by atoms with Crippen molar-refractivity contribution in [3.8, 4) is 0 Å². The van der Waals surface area contributed by atoms with E-state index in [2.05, 4.69) is 15.4 Å². The van der Waals surface area contributed by atoms with Gasteiger partial charge in [0.25, 0.3) is 5.56 Å². The van der Waals surface area contributed by atoms with Gasteiger partial charge in [0.1, 0.15) is 11.7 Å². The van der Waals surface area contributed by atoms with Gasteiger partial charge in [-0.15, -0.1) is 0 Å². The highest BCUT2D eigenvalue weighted by molar-refractivity contribution is 5.72. The average molecular weight is 273 g/mol. The van der Waals surface area contributed by atoms with Gasteiger partial charge in [0.2, 0.25) is 0 Å². The summed E-state index contributed by atoms with van der Waals surface area (Å²) in [5.41, 5.74) is 1.63. The van der Waals surface area contributed by atoms with E-state index < -0.39 is 0 Å². The molecule has 0 aromatic carbocycles. The second kappa shape index (κ2) is 5.30. The van der Waals surface area contributed by atoms with Crippen LogP contribution in [-0.4, -0.2) is 25.9 Å². The number of aromatic nitrogens is 4. The van der Waals surface area contributed by atoms with E-state index in [1.54, 1.807) is 41.3 Å². The number of hydrogen-bond acceptors (Lipinski definition) is 5. The molecule has 0 bridgehead atoms. The zero-order valence-corrected chi connectivity index (χ0v) is 11.1. The van der Waals surface area contributed by atoms with Crippen molar-refractivity contribution >= 4 is 11.0 Å². The zero-order chi connectivity index (χ0) is 13.9. The molecule has 0 unspecified atom stereocenters. The average Bonchev–Trinajstić information content (AvgIpc) is 3.08. The predicted molar refractivity (Wildman–Crippen MR) is 73.2 cm³/mol. The van der Waals surface area contributed by atoms with Gasteiger partial charge in [-0.2, -0.15) is 5.10 Å². The van der Waals surface area contributed by atoms with Crippen molar-refractivity contribution in [1.29, 1.82) is 0 Å². The van der Waals surface area contributed by atoms with Gasteiger partial charge in [0, 0.05) is 32.2 Å². The van der Waals surface area contributed by atoms with Crippen LogP contribution in [0.5, 0.6) is 0 Å². The van der Waals surface area contributed by atoms with Gasteiger partial charge in [0.15, 0.2) is 5.65 Å². The molecule has 0 radical (unpaired) electrons. The molecule has 3 aromatic heterocycles. The summed E-state index contributed by atoms with van der Waals surface area (Å²) < 4.78 is 8.17. The van der Waals surface area contributed by atoms with E-state index in [0.717, 1.165) is 5.56 Å². The van der Waals surface area contributed by atoms with Crippen LogP contribution < -0.4 is 10.9 Å². The first-order valence-corrected chi connectivity index (χ1v) is 6.34. The maximum Gasteiger partial charge on any atom is 0.264 e. The number of furan rings is 1.